The number of imide groups is 1. The van der Waals surface area contributed by atoms with Crippen molar-refractivity contribution in [2.45, 2.75) is 25.6 Å². The van der Waals surface area contributed by atoms with Gasteiger partial charge in [-0.25, -0.2) is 9.58 Å². The van der Waals surface area contributed by atoms with E-state index in [4.69, 9.17) is 14.6 Å². The summed E-state index contributed by atoms with van der Waals surface area (Å²) >= 11 is 0. The number of nitrogens with zero attached hydrogens (tertiary/aromatic N) is 4. The first-order valence-corrected chi connectivity index (χ1v) is 15.7. The van der Waals surface area contributed by atoms with Gasteiger partial charge in [0.15, 0.2) is 0 Å². The molecule has 2 aliphatic heterocycles. The Labute approximate surface area is 273 Å². The number of anilines is 1. The first-order chi connectivity index (χ1) is 23.0. The van der Waals surface area contributed by atoms with Crippen LogP contribution in [0.4, 0.5) is 5.69 Å². The van der Waals surface area contributed by atoms with Crippen molar-refractivity contribution < 1.29 is 23.9 Å². The number of hydrogen-bond acceptors (Lipinski definition) is 7. The van der Waals surface area contributed by atoms with Crippen molar-refractivity contribution in [3.8, 4) is 22.7 Å². The molecule has 2 amide bonds. The van der Waals surface area contributed by atoms with Gasteiger partial charge in [0, 0.05) is 23.9 Å². The number of hydrogen-bond donors (Lipinski definition) is 0. The van der Waals surface area contributed by atoms with Crippen molar-refractivity contribution >= 4 is 23.5 Å². The number of amides is 2. The van der Waals surface area contributed by atoms with Crippen LogP contribution in [0, 0.1) is 11.8 Å². The Hall–Kier alpha value is -5.54. The van der Waals surface area contributed by atoms with Crippen LogP contribution in [0.3, 0.4) is 0 Å². The Balaban J connectivity index is 1.44. The number of para-hydroxylation sites is 1. The zero-order valence-electron chi connectivity index (χ0n) is 26.1. The molecule has 5 aromatic rings. The molecule has 0 aliphatic carbocycles. The molecule has 9 nitrogen and oxygen atoms in total. The van der Waals surface area contributed by atoms with Crippen LogP contribution in [-0.4, -0.2) is 52.2 Å². The van der Waals surface area contributed by atoms with Crippen LogP contribution in [0.25, 0.3) is 16.9 Å². The minimum Gasteiger partial charge on any atom is -0.497 e. The van der Waals surface area contributed by atoms with Gasteiger partial charge in [-0.2, -0.15) is 5.10 Å². The van der Waals surface area contributed by atoms with E-state index in [9.17, 15) is 14.4 Å². The van der Waals surface area contributed by atoms with Crippen LogP contribution in [0.1, 0.15) is 24.1 Å². The molecular formula is C38H34N4O5. The second kappa shape index (κ2) is 12.7. The maximum absolute atomic E-state index is 14.7. The molecule has 236 valence electrons. The summed E-state index contributed by atoms with van der Waals surface area (Å²) in [7, 11) is 1.56. The highest BCUT2D eigenvalue weighted by Gasteiger charge is 2.65. The molecule has 9 heteroatoms. The molecule has 0 bridgehead atoms. The Morgan fingerprint density at radius 1 is 0.766 bits per heavy atom. The molecule has 0 saturated carbocycles. The Morgan fingerprint density at radius 2 is 1.38 bits per heavy atom. The maximum atomic E-state index is 14.7. The van der Waals surface area contributed by atoms with Gasteiger partial charge in [-0.1, -0.05) is 78.9 Å². The minimum absolute atomic E-state index is 0.141. The van der Waals surface area contributed by atoms with Crippen molar-refractivity contribution in [1.29, 1.82) is 0 Å². The average molecular weight is 627 g/mol. The number of carbonyl (C=O) groups excluding carboxylic acids is 3. The molecule has 0 spiro atoms. The highest BCUT2D eigenvalue weighted by Crippen LogP contribution is 2.53. The zero-order chi connectivity index (χ0) is 32.5. The molecule has 2 saturated heterocycles. The van der Waals surface area contributed by atoms with Gasteiger partial charge in [-0.3, -0.25) is 19.3 Å². The van der Waals surface area contributed by atoms with Gasteiger partial charge in [0.25, 0.3) is 0 Å². The van der Waals surface area contributed by atoms with Gasteiger partial charge in [0.1, 0.15) is 11.8 Å². The number of carbonyl (C=O) groups is 3. The standard InChI is InChI=1S/C38H34N4O5/c1-3-47-38(45)35-32-31(36(43)42(37(32)44)28-19-21-29(46-2)22-20-28)34(40(35)23-25-13-7-4-8-14-25)30-24-41(27-17-11-6-12-18-27)39-33(30)26-15-9-5-10-16-26/h4-22,24,31-32,34-35H,3,23H2,1-2H3/t31-,32+,34-,35+/m0/s1. The van der Waals surface area contributed by atoms with E-state index in [1.165, 1.54) is 4.90 Å². The summed E-state index contributed by atoms with van der Waals surface area (Å²) in [6.07, 6.45) is 1.93. The van der Waals surface area contributed by atoms with Crippen LogP contribution in [0.15, 0.2) is 121 Å². The van der Waals surface area contributed by atoms with Crippen LogP contribution in [-0.2, 0) is 25.7 Å². The van der Waals surface area contributed by atoms with E-state index < -0.39 is 35.8 Å². The molecule has 4 aromatic carbocycles. The number of benzene rings is 4. The fourth-order valence-corrected chi connectivity index (χ4v) is 6.96. The first kappa shape index (κ1) is 30.1. The number of esters is 1. The quantitative estimate of drug-likeness (QED) is 0.150. The van der Waals surface area contributed by atoms with E-state index in [1.54, 1.807) is 43.0 Å². The molecule has 2 fully saturated rings. The van der Waals surface area contributed by atoms with Gasteiger partial charge in [-0.05, 0) is 48.9 Å². The van der Waals surface area contributed by atoms with Crippen molar-refractivity contribution in [2.75, 3.05) is 18.6 Å². The third-order valence-electron chi connectivity index (χ3n) is 8.99. The maximum Gasteiger partial charge on any atom is 0.324 e. The van der Waals surface area contributed by atoms with Crippen molar-refractivity contribution in [3.05, 3.63) is 133 Å². The lowest BCUT2D eigenvalue weighted by Gasteiger charge is -2.32. The van der Waals surface area contributed by atoms with Gasteiger partial charge >= 0.3 is 5.97 Å². The molecule has 0 N–H and O–H groups in total. The second-order valence-corrected chi connectivity index (χ2v) is 11.6. The summed E-state index contributed by atoms with van der Waals surface area (Å²) < 4.78 is 12.7. The normalized spacial score (nSPS) is 20.8. The second-order valence-electron chi connectivity index (χ2n) is 11.6. The summed E-state index contributed by atoms with van der Waals surface area (Å²) in [6, 6.07) is 34.4. The summed E-state index contributed by atoms with van der Waals surface area (Å²) in [5, 5.41) is 5.05. The number of ether oxygens (including phenoxy) is 2. The Kier molecular flexibility index (Phi) is 8.14. The largest absolute Gasteiger partial charge is 0.497 e. The third-order valence-corrected chi connectivity index (χ3v) is 8.99. The topological polar surface area (TPSA) is 94.0 Å². The summed E-state index contributed by atoms with van der Waals surface area (Å²) in [6.45, 7) is 2.20. The number of fused-ring (bicyclic) bond motifs is 1. The van der Waals surface area contributed by atoms with Crippen molar-refractivity contribution in [3.63, 3.8) is 0 Å². The number of aromatic nitrogens is 2. The molecule has 7 rings (SSSR count). The Morgan fingerprint density at radius 3 is 2.02 bits per heavy atom. The predicted molar refractivity (Wildman–Crippen MR) is 177 cm³/mol. The summed E-state index contributed by atoms with van der Waals surface area (Å²) in [4.78, 5) is 46.2. The van der Waals surface area contributed by atoms with Gasteiger partial charge < -0.3 is 9.47 Å². The van der Waals surface area contributed by atoms with Gasteiger partial charge in [0.05, 0.1) is 48.7 Å². The molecular weight excluding hydrogens is 592 g/mol. The lowest BCUT2D eigenvalue weighted by molar-refractivity contribution is -0.152. The molecule has 0 unspecified atom stereocenters. The summed E-state index contributed by atoms with van der Waals surface area (Å²) in [5.41, 5.74) is 4.48. The molecule has 4 atom stereocenters. The lowest BCUT2D eigenvalue weighted by Crippen LogP contribution is -2.46. The first-order valence-electron chi connectivity index (χ1n) is 15.7. The van der Waals surface area contributed by atoms with E-state index in [0.29, 0.717) is 23.7 Å². The average Bonchev–Trinajstić information content (AvgIpc) is 3.76. The number of rotatable bonds is 9. The third kappa shape index (κ3) is 5.38. The smallest absolute Gasteiger partial charge is 0.324 e. The zero-order valence-corrected chi connectivity index (χ0v) is 26.1. The van der Waals surface area contributed by atoms with Crippen LogP contribution in [0.2, 0.25) is 0 Å². The molecule has 47 heavy (non-hydrogen) atoms. The Bertz CT molecular complexity index is 1890. The van der Waals surface area contributed by atoms with E-state index >= 15 is 0 Å². The predicted octanol–water partition coefficient (Wildman–Crippen LogP) is 5.84. The van der Waals surface area contributed by atoms with Gasteiger partial charge in [-0.15, -0.1) is 0 Å². The van der Waals surface area contributed by atoms with Crippen molar-refractivity contribution in [1.82, 2.24) is 14.7 Å². The lowest BCUT2D eigenvalue weighted by atomic mass is 9.86. The van der Waals surface area contributed by atoms with E-state index in [1.807, 2.05) is 102 Å². The summed E-state index contributed by atoms with van der Waals surface area (Å²) in [5.74, 6) is -2.58. The SMILES string of the molecule is CCOC(=O)[C@H]1[C@@H]2C(=O)N(c3ccc(OC)cc3)C(=O)[C@@H]2[C@H](c2cn(-c3ccccc3)nc2-c2ccccc2)N1Cc1ccccc1. The van der Waals surface area contributed by atoms with E-state index in [2.05, 4.69) is 0 Å². The number of methoxy groups -OCH3 is 1. The highest BCUT2D eigenvalue weighted by molar-refractivity contribution is 6.23. The fourth-order valence-electron chi connectivity index (χ4n) is 6.96. The molecule has 2 aliphatic rings. The fraction of sp³-hybridized carbons (Fsp3) is 0.211. The van der Waals surface area contributed by atoms with Crippen LogP contribution < -0.4 is 9.64 Å². The van der Waals surface area contributed by atoms with Crippen LogP contribution in [0.5, 0.6) is 5.75 Å². The highest BCUT2D eigenvalue weighted by atomic mass is 16.5. The molecule has 1 aromatic heterocycles. The molecule has 0 radical (unpaired) electrons. The minimum atomic E-state index is -1.01. The number of likely N-dealkylation sites (tertiary alicyclic amines) is 1. The molecule has 3 heterocycles. The monoisotopic (exact) mass is 626 g/mol. The van der Waals surface area contributed by atoms with Crippen LogP contribution >= 0.6 is 0 Å². The van der Waals surface area contributed by atoms with Crippen molar-refractivity contribution in [2.24, 2.45) is 11.8 Å². The van der Waals surface area contributed by atoms with E-state index in [-0.39, 0.29) is 12.5 Å². The van der Waals surface area contributed by atoms with Gasteiger partial charge in [0.2, 0.25) is 11.8 Å². The van der Waals surface area contributed by atoms with E-state index in [0.717, 1.165) is 22.4 Å².